The van der Waals surface area contributed by atoms with Crippen molar-refractivity contribution in [1.82, 2.24) is 20.2 Å². The van der Waals surface area contributed by atoms with E-state index >= 15 is 0 Å². The Morgan fingerprint density at radius 2 is 1.83 bits per heavy atom. The van der Waals surface area contributed by atoms with Crippen molar-refractivity contribution >= 4 is 17.8 Å². The molecule has 1 amide bonds. The molecule has 92 valence electrons. The van der Waals surface area contributed by atoms with Gasteiger partial charge in [0, 0.05) is 5.56 Å². The molecule has 2 rings (SSSR count). The third-order valence-electron chi connectivity index (χ3n) is 2.13. The van der Waals surface area contributed by atoms with Crippen LogP contribution in [0.25, 0.3) is 0 Å². The summed E-state index contributed by atoms with van der Waals surface area (Å²) in [4.78, 5) is 23.6. The van der Waals surface area contributed by atoms with Crippen molar-refractivity contribution in [3.8, 4) is 0 Å². The van der Waals surface area contributed by atoms with Crippen molar-refractivity contribution in [2.24, 2.45) is 7.05 Å². The molecule has 8 heteroatoms. The number of benzene rings is 1. The van der Waals surface area contributed by atoms with E-state index in [9.17, 15) is 9.59 Å². The summed E-state index contributed by atoms with van der Waals surface area (Å²) in [5.74, 6) is -1.39. The number of aryl methyl sites for hydroxylation is 1. The summed E-state index contributed by atoms with van der Waals surface area (Å²) in [6.45, 7) is 0. The van der Waals surface area contributed by atoms with Gasteiger partial charge in [0.2, 0.25) is 0 Å². The number of aromatic carboxylic acids is 1. The van der Waals surface area contributed by atoms with Gasteiger partial charge in [0.05, 0.1) is 12.6 Å². The first kappa shape index (κ1) is 11.7. The maximum absolute atomic E-state index is 11.7. The summed E-state index contributed by atoms with van der Waals surface area (Å²) < 4.78 is 0. The van der Waals surface area contributed by atoms with Crippen LogP contribution >= 0.6 is 0 Å². The van der Waals surface area contributed by atoms with Gasteiger partial charge in [-0.25, -0.2) is 4.79 Å². The lowest BCUT2D eigenvalue weighted by Gasteiger charge is -2.00. The number of carboxylic acids is 1. The Balaban J connectivity index is 2.11. The number of carboxylic acid groups (broad SMARTS) is 1. The molecule has 2 aromatic rings. The number of nitrogens with one attached hydrogen (secondary N) is 1. The molecule has 0 bridgehead atoms. The molecule has 0 saturated heterocycles. The van der Waals surface area contributed by atoms with Crippen molar-refractivity contribution in [2.75, 3.05) is 5.32 Å². The summed E-state index contributed by atoms with van der Waals surface area (Å²) in [5, 5.41) is 22.1. The summed E-state index contributed by atoms with van der Waals surface area (Å²) in [7, 11) is 1.57. The largest absolute Gasteiger partial charge is 0.478 e. The second-order valence-electron chi connectivity index (χ2n) is 3.44. The number of carbonyl (C=O) groups excluding carboxylic acids is 1. The van der Waals surface area contributed by atoms with Crippen LogP contribution in [-0.2, 0) is 7.05 Å². The number of carbonyl (C=O) groups is 2. The lowest BCUT2D eigenvalue weighted by atomic mass is 10.1. The Morgan fingerprint density at radius 3 is 2.33 bits per heavy atom. The number of hydrogen-bond acceptors (Lipinski definition) is 5. The molecule has 0 atom stereocenters. The summed E-state index contributed by atoms with van der Waals surface area (Å²) in [6.07, 6.45) is 0. The molecular formula is C10H9N5O3. The van der Waals surface area contributed by atoms with Crippen LogP contribution in [0.2, 0.25) is 0 Å². The first-order chi connectivity index (χ1) is 8.56. The third kappa shape index (κ3) is 2.48. The highest BCUT2D eigenvalue weighted by Crippen LogP contribution is 2.06. The number of nitrogens with zero attached hydrogens (tertiary/aromatic N) is 4. The van der Waals surface area contributed by atoms with Gasteiger partial charge in [0.1, 0.15) is 0 Å². The van der Waals surface area contributed by atoms with E-state index in [1.807, 2.05) is 0 Å². The van der Waals surface area contributed by atoms with Crippen molar-refractivity contribution < 1.29 is 14.7 Å². The predicted octanol–water partition coefficient (Wildman–Crippen LogP) is 0.161. The number of amides is 1. The van der Waals surface area contributed by atoms with E-state index in [0.29, 0.717) is 5.56 Å². The number of anilines is 1. The molecule has 0 unspecified atom stereocenters. The average molecular weight is 247 g/mol. The molecule has 0 fully saturated rings. The summed E-state index contributed by atoms with van der Waals surface area (Å²) in [5.41, 5.74) is 0.427. The smallest absolute Gasteiger partial charge is 0.335 e. The van der Waals surface area contributed by atoms with E-state index in [1.165, 1.54) is 29.1 Å². The zero-order chi connectivity index (χ0) is 13.1. The van der Waals surface area contributed by atoms with E-state index in [1.54, 1.807) is 7.05 Å². The maximum Gasteiger partial charge on any atom is 0.335 e. The Bertz CT molecular complexity index is 590. The van der Waals surface area contributed by atoms with Crippen molar-refractivity contribution in [2.45, 2.75) is 0 Å². The van der Waals surface area contributed by atoms with Crippen LogP contribution in [0, 0.1) is 0 Å². The fourth-order valence-corrected chi connectivity index (χ4v) is 1.27. The number of rotatable bonds is 3. The van der Waals surface area contributed by atoms with Gasteiger partial charge >= 0.3 is 5.97 Å². The van der Waals surface area contributed by atoms with Gasteiger partial charge in [0.15, 0.2) is 0 Å². The molecule has 0 radical (unpaired) electrons. The first-order valence-electron chi connectivity index (χ1n) is 4.95. The normalized spacial score (nSPS) is 10.1. The molecule has 0 spiro atoms. The highest BCUT2D eigenvalue weighted by atomic mass is 16.4. The molecule has 1 aromatic heterocycles. The fraction of sp³-hybridized carbons (Fsp3) is 0.100. The standard InChI is InChI=1S/C10H9N5O3/c1-15-13-10(12-14-15)11-8(16)6-2-4-7(5-3-6)9(17)18/h2-5H,1H3,(H,17,18)(H,11,13,16). The van der Waals surface area contributed by atoms with Crippen LogP contribution in [0.3, 0.4) is 0 Å². The molecule has 1 aromatic carbocycles. The third-order valence-corrected chi connectivity index (χ3v) is 2.13. The minimum atomic E-state index is -1.04. The van der Waals surface area contributed by atoms with Crippen molar-refractivity contribution in [1.29, 1.82) is 0 Å². The van der Waals surface area contributed by atoms with E-state index in [2.05, 4.69) is 20.7 Å². The highest BCUT2D eigenvalue weighted by molar-refractivity contribution is 6.03. The van der Waals surface area contributed by atoms with Gasteiger partial charge in [-0.1, -0.05) is 5.10 Å². The van der Waals surface area contributed by atoms with Crippen LogP contribution in [0.5, 0.6) is 0 Å². The van der Waals surface area contributed by atoms with E-state index in [-0.39, 0.29) is 11.5 Å². The first-order valence-corrected chi connectivity index (χ1v) is 4.95. The number of tetrazole rings is 1. The highest BCUT2D eigenvalue weighted by Gasteiger charge is 2.10. The maximum atomic E-state index is 11.7. The molecule has 18 heavy (non-hydrogen) atoms. The quantitative estimate of drug-likeness (QED) is 0.799. The van der Waals surface area contributed by atoms with Crippen LogP contribution < -0.4 is 5.32 Å². The average Bonchev–Trinajstić information content (AvgIpc) is 2.75. The lowest BCUT2D eigenvalue weighted by Crippen LogP contribution is -2.13. The fourth-order valence-electron chi connectivity index (χ4n) is 1.27. The molecular weight excluding hydrogens is 238 g/mol. The van der Waals surface area contributed by atoms with Crippen LogP contribution in [0.15, 0.2) is 24.3 Å². The lowest BCUT2D eigenvalue weighted by molar-refractivity contribution is 0.0696. The van der Waals surface area contributed by atoms with Crippen LogP contribution in [-0.4, -0.2) is 37.2 Å². The summed E-state index contributed by atoms with van der Waals surface area (Å²) in [6, 6.07) is 5.52. The number of aromatic nitrogens is 4. The predicted molar refractivity (Wildman–Crippen MR) is 60.2 cm³/mol. The molecule has 0 aliphatic rings. The Kier molecular flexibility index (Phi) is 3.00. The van der Waals surface area contributed by atoms with Crippen molar-refractivity contribution in [3.63, 3.8) is 0 Å². The summed E-state index contributed by atoms with van der Waals surface area (Å²) >= 11 is 0. The Morgan fingerprint density at radius 1 is 1.22 bits per heavy atom. The molecule has 0 aliphatic carbocycles. The minimum Gasteiger partial charge on any atom is -0.478 e. The van der Waals surface area contributed by atoms with Gasteiger partial charge in [0.25, 0.3) is 11.9 Å². The monoisotopic (exact) mass is 247 g/mol. The van der Waals surface area contributed by atoms with Gasteiger partial charge < -0.3 is 5.11 Å². The molecule has 1 heterocycles. The Labute approximate surface area is 101 Å². The Hall–Kier alpha value is -2.77. The van der Waals surface area contributed by atoms with Crippen molar-refractivity contribution in [3.05, 3.63) is 35.4 Å². The van der Waals surface area contributed by atoms with Crippen LogP contribution in [0.4, 0.5) is 5.95 Å². The molecule has 0 saturated carbocycles. The number of hydrogen-bond donors (Lipinski definition) is 2. The zero-order valence-corrected chi connectivity index (χ0v) is 9.36. The van der Waals surface area contributed by atoms with Gasteiger partial charge in [-0.15, -0.1) is 5.10 Å². The van der Waals surface area contributed by atoms with Gasteiger partial charge in [-0.05, 0) is 29.5 Å². The topological polar surface area (TPSA) is 110 Å². The minimum absolute atomic E-state index is 0.0878. The van der Waals surface area contributed by atoms with Gasteiger partial charge in [-0.3, -0.25) is 10.1 Å². The van der Waals surface area contributed by atoms with E-state index < -0.39 is 11.9 Å². The van der Waals surface area contributed by atoms with Crippen LogP contribution in [0.1, 0.15) is 20.7 Å². The SMILES string of the molecule is Cn1nnc(NC(=O)c2ccc(C(=O)O)cc2)n1. The molecule has 8 nitrogen and oxygen atoms in total. The van der Waals surface area contributed by atoms with E-state index in [4.69, 9.17) is 5.11 Å². The molecule has 2 N–H and O–H groups in total. The zero-order valence-electron chi connectivity index (χ0n) is 9.36. The second kappa shape index (κ2) is 4.62. The van der Waals surface area contributed by atoms with E-state index in [0.717, 1.165) is 0 Å². The molecule has 0 aliphatic heterocycles. The second-order valence-corrected chi connectivity index (χ2v) is 3.44. The van der Waals surface area contributed by atoms with Gasteiger partial charge in [-0.2, -0.15) is 4.80 Å².